The van der Waals surface area contributed by atoms with Crippen LogP contribution in [0.4, 0.5) is 0 Å². The predicted molar refractivity (Wildman–Crippen MR) is 171 cm³/mol. The molecule has 0 bridgehead atoms. The fourth-order valence-corrected chi connectivity index (χ4v) is 4.81. The summed E-state index contributed by atoms with van der Waals surface area (Å²) in [6.07, 6.45) is 0.576. The van der Waals surface area contributed by atoms with Gasteiger partial charge in [-0.3, -0.25) is 24.2 Å². The van der Waals surface area contributed by atoms with Crippen molar-refractivity contribution >= 4 is 29.7 Å². The molecule has 3 rings (SSSR count). The van der Waals surface area contributed by atoms with Gasteiger partial charge in [-0.25, -0.2) is 0 Å². The molecule has 0 fully saturated rings. The molecule has 0 aliphatic carbocycles. The lowest BCUT2D eigenvalue weighted by Gasteiger charge is -2.29. The molecular weight excluding hydrogens is 574 g/mol. The first kappa shape index (κ1) is 34.3. The summed E-state index contributed by atoms with van der Waals surface area (Å²) in [6.45, 7) is 1.71. The molecular formula is C33H41N7O5. The maximum atomic E-state index is 14.1. The fourth-order valence-electron chi connectivity index (χ4n) is 4.81. The Morgan fingerprint density at radius 1 is 0.844 bits per heavy atom. The van der Waals surface area contributed by atoms with Gasteiger partial charge in [-0.1, -0.05) is 84.9 Å². The monoisotopic (exact) mass is 615 g/mol. The summed E-state index contributed by atoms with van der Waals surface area (Å²) in [7, 11) is 0. The number of hydrogen-bond acceptors (Lipinski definition) is 7. The van der Waals surface area contributed by atoms with Crippen molar-refractivity contribution in [3.8, 4) is 0 Å². The van der Waals surface area contributed by atoms with Crippen molar-refractivity contribution in [1.82, 2.24) is 10.2 Å². The van der Waals surface area contributed by atoms with E-state index in [1.54, 1.807) is 31.2 Å². The Labute approximate surface area is 262 Å². The van der Waals surface area contributed by atoms with Crippen LogP contribution in [0.2, 0.25) is 0 Å². The summed E-state index contributed by atoms with van der Waals surface area (Å²) in [5.41, 5.74) is 24.8. The van der Waals surface area contributed by atoms with Gasteiger partial charge in [0.25, 0.3) is 0 Å². The van der Waals surface area contributed by atoms with Gasteiger partial charge < -0.3 is 37.9 Å². The van der Waals surface area contributed by atoms with Crippen molar-refractivity contribution in [1.29, 1.82) is 0 Å². The van der Waals surface area contributed by atoms with Crippen LogP contribution < -0.4 is 28.3 Å². The van der Waals surface area contributed by atoms with Gasteiger partial charge >= 0.3 is 5.97 Å². The summed E-state index contributed by atoms with van der Waals surface area (Å²) in [6, 6.07) is 23.2. The molecule has 0 aromatic heterocycles. The second-order valence-corrected chi connectivity index (χ2v) is 10.4. The molecule has 238 valence electrons. The summed E-state index contributed by atoms with van der Waals surface area (Å²) in [5.74, 6) is -2.92. The second kappa shape index (κ2) is 17.2. The number of esters is 1. The van der Waals surface area contributed by atoms with Crippen molar-refractivity contribution in [3.63, 3.8) is 0 Å². The summed E-state index contributed by atoms with van der Waals surface area (Å²) in [4.78, 5) is 57.6. The van der Waals surface area contributed by atoms with Crippen LogP contribution in [-0.4, -0.2) is 60.3 Å². The number of nitrogens with one attached hydrogen (secondary N) is 1. The van der Waals surface area contributed by atoms with E-state index < -0.39 is 35.8 Å². The molecule has 3 amide bonds. The van der Waals surface area contributed by atoms with E-state index in [9.17, 15) is 19.2 Å². The Morgan fingerprint density at radius 3 is 1.93 bits per heavy atom. The molecule has 0 aliphatic rings. The lowest BCUT2D eigenvalue weighted by Crippen LogP contribution is -2.51. The van der Waals surface area contributed by atoms with Crippen LogP contribution in [0, 0.1) is 0 Å². The molecule has 3 aromatic rings. The smallest absolute Gasteiger partial charge is 0.325 e. The first-order chi connectivity index (χ1) is 21.6. The average molecular weight is 616 g/mol. The number of carbonyl (C=O) groups excluding carboxylic acids is 4. The highest BCUT2D eigenvalue weighted by molar-refractivity contribution is 5.93. The van der Waals surface area contributed by atoms with E-state index in [0.29, 0.717) is 17.5 Å². The zero-order chi connectivity index (χ0) is 32.8. The summed E-state index contributed by atoms with van der Waals surface area (Å²) in [5, 5.41) is 2.95. The number of benzene rings is 3. The number of ether oxygens (including phenoxy) is 1. The van der Waals surface area contributed by atoms with Crippen LogP contribution in [0.25, 0.3) is 0 Å². The molecule has 9 N–H and O–H groups in total. The van der Waals surface area contributed by atoms with Gasteiger partial charge in [0.05, 0.1) is 12.5 Å². The van der Waals surface area contributed by atoms with Gasteiger partial charge in [0.15, 0.2) is 5.96 Å². The van der Waals surface area contributed by atoms with Crippen molar-refractivity contribution in [2.75, 3.05) is 19.7 Å². The standard InChI is InChI=1S/C33H41N7O5/c1-2-45-27(41)21-40(20-22-15-17-25(18-16-22)29(34)30(35)42)32(44)26(14-9-19-38-33(36)37)39-31(43)28(23-10-5-3-6-11-23)24-12-7-4-8-13-24/h3-8,10-13,15-18,26,28-29H,2,9,14,19-21,34H2,1H3,(H2,35,42)(H,39,43)(H4,36,37,38)/t26-,29?/m1/s1. The molecule has 0 saturated carbocycles. The third-order valence-electron chi connectivity index (χ3n) is 7.04. The van der Waals surface area contributed by atoms with Crippen molar-refractivity contribution in [2.24, 2.45) is 27.9 Å². The van der Waals surface area contributed by atoms with E-state index >= 15 is 0 Å². The number of hydrogen-bond donors (Lipinski definition) is 5. The number of amides is 3. The Hall–Kier alpha value is -5.23. The van der Waals surface area contributed by atoms with Gasteiger partial charge in [-0.15, -0.1) is 0 Å². The average Bonchev–Trinajstić information content (AvgIpc) is 3.03. The molecule has 45 heavy (non-hydrogen) atoms. The van der Waals surface area contributed by atoms with E-state index in [0.717, 1.165) is 11.1 Å². The molecule has 3 aromatic carbocycles. The minimum Gasteiger partial charge on any atom is -0.465 e. The van der Waals surface area contributed by atoms with E-state index in [4.69, 9.17) is 27.7 Å². The summed E-state index contributed by atoms with van der Waals surface area (Å²) >= 11 is 0. The summed E-state index contributed by atoms with van der Waals surface area (Å²) < 4.78 is 5.14. The highest BCUT2D eigenvalue weighted by Crippen LogP contribution is 2.25. The van der Waals surface area contributed by atoms with Crippen LogP contribution in [0.5, 0.6) is 0 Å². The third kappa shape index (κ3) is 10.5. The highest BCUT2D eigenvalue weighted by Gasteiger charge is 2.31. The van der Waals surface area contributed by atoms with Gasteiger partial charge in [0.1, 0.15) is 18.6 Å². The van der Waals surface area contributed by atoms with Crippen molar-refractivity contribution < 1.29 is 23.9 Å². The van der Waals surface area contributed by atoms with Crippen LogP contribution >= 0.6 is 0 Å². The Kier molecular flexibility index (Phi) is 13.1. The maximum absolute atomic E-state index is 14.1. The van der Waals surface area contributed by atoms with E-state index in [1.807, 2.05) is 60.7 Å². The quantitative estimate of drug-likeness (QED) is 0.0687. The minimum absolute atomic E-state index is 0.0187. The predicted octanol–water partition coefficient (Wildman–Crippen LogP) is 1.43. The zero-order valence-corrected chi connectivity index (χ0v) is 25.3. The maximum Gasteiger partial charge on any atom is 0.325 e. The van der Waals surface area contributed by atoms with E-state index in [-0.39, 0.29) is 44.5 Å². The lowest BCUT2D eigenvalue weighted by atomic mass is 9.90. The van der Waals surface area contributed by atoms with Crippen LogP contribution in [0.3, 0.4) is 0 Å². The fraction of sp³-hybridized carbons (Fsp3) is 0.303. The number of nitrogens with zero attached hydrogens (tertiary/aromatic N) is 2. The normalized spacial score (nSPS) is 12.1. The third-order valence-corrected chi connectivity index (χ3v) is 7.04. The molecule has 12 heteroatoms. The van der Waals surface area contributed by atoms with Gasteiger partial charge in [0.2, 0.25) is 17.7 Å². The van der Waals surface area contributed by atoms with Crippen molar-refractivity contribution in [3.05, 3.63) is 107 Å². The lowest BCUT2D eigenvalue weighted by molar-refractivity contribution is -0.150. The minimum atomic E-state index is -1.02. The number of nitrogens with two attached hydrogens (primary N) is 4. The molecule has 0 aliphatic heterocycles. The largest absolute Gasteiger partial charge is 0.465 e. The number of rotatable bonds is 16. The molecule has 0 heterocycles. The Morgan fingerprint density at radius 2 is 1.42 bits per heavy atom. The van der Waals surface area contributed by atoms with E-state index in [1.165, 1.54) is 4.90 Å². The van der Waals surface area contributed by atoms with Crippen LogP contribution in [0.1, 0.15) is 54.0 Å². The molecule has 1 unspecified atom stereocenters. The number of primary amides is 1. The Balaban J connectivity index is 1.93. The molecule has 0 spiro atoms. The highest BCUT2D eigenvalue weighted by atomic mass is 16.5. The van der Waals surface area contributed by atoms with Crippen LogP contribution in [-0.2, 0) is 30.5 Å². The zero-order valence-electron chi connectivity index (χ0n) is 25.3. The van der Waals surface area contributed by atoms with Crippen molar-refractivity contribution in [2.45, 2.75) is 44.3 Å². The molecule has 0 radical (unpaired) electrons. The van der Waals surface area contributed by atoms with Crippen LogP contribution in [0.15, 0.2) is 89.9 Å². The molecule has 0 saturated heterocycles. The van der Waals surface area contributed by atoms with Gasteiger partial charge in [-0.05, 0) is 42.0 Å². The molecule has 12 nitrogen and oxygen atoms in total. The number of guanidine groups is 1. The number of aliphatic imine (C=N–C) groups is 1. The van der Waals surface area contributed by atoms with Gasteiger partial charge in [0, 0.05) is 13.1 Å². The topological polar surface area (TPSA) is 209 Å². The molecule has 2 atom stereocenters. The Bertz CT molecular complexity index is 1410. The van der Waals surface area contributed by atoms with Gasteiger partial charge in [-0.2, -0.15) is 0 Å². The first-order valence-electron chi connectivity index (χ1n) is 14.6. The van der Waals surface area contributed by atoms with E-state index in [2.05, 4.69) is 10.3 Å². The number of carbonyl (C=O) groups is 4. The SMILES string of the molecule is CCOC(=O)CN(Cc1ccc(C(N)C(N)=O)cc1)C(=O)[C@@H](CCCN=C(N)N)NC(=O)C(c1ccccc1)c1ccccc1. The second-order valence-electron chi connectivity index (χ2n) is 10.4. The first-order valence-corrected chi connectivity index (χ1v) is 14.6.